The Morgan fingerprint density at radius 1 is 1.64 bits per heavy atom. The minimum atomic E-state index is 0.351. The molecule has 74 valence electrons. The van der Waals surface area contributed by atoms with Gasteiger partial charge in [-0.2, -0.15) is 5.26 Å². The van der Waals surface area contributed by atoms with Crippen LogP contribution in [0.3, 0.4) is 0 Å². The molecule has 0 radical (unpaired) electrons. The molecule has 0 aliphatic heterocycles. The van der Waals surface area contributed by atoms with Crippen LogP contribution in [0.4, 0.5) is 0 Å². The number of rotatable bonds is 4. The topological polar surface area (TPSA) is 45.9 Å². The van der Waals surface area contributed by atoms with E-state index in [2.05, 4.69) is 4.98 Å². The first-order valence-electron chi connectivity index (χ1n) is 3.95. The number of nitriles is 1. The van der Waals surface area contributed by atoms with E-state index in [4.69, 9.17) is 21.6 Å². The first-order valence-corrected chi connectivity index (χ1v) is 5.32. The van der Waals surface area contributed by atoms with Crippen LogP contribution in [-0.2, 0) is 4.74 Å². The van der Waals surface area contributed by atoms with Crippen molar-refractivity contribution in [3.63, 3.8) is 0 Å². The molecule has 0 spiro atoms. The molecule has 0 bridgehead atoms. The molecule has 5 heteroatoms. The summed E-state index contributed by atoms with van der Waals surface area (Å²) < 4.78 is 4.90. The van der Waals surface area contributed by atoms with Gasteiger partial charge in [0, 0.05) is 12.9 Å². The summed E-state index contributed by atoms with van der Waals surface area (Å²) in [4.78, 5) is 4.08. The maximum atomic E-state index is 8.69. The number of aromatic nitrogens is 1. The molecule has 0 saturated carbocycles. The molecule has 0 amide bonds. The minimum absolute atomic E-state index is 0.351. The molecule has 0 N–H and O–H groups in total. The van der Waals surface area contributed by atoms with Gasteiger partial charge in [0.05, 0.1) is 23.3 Å². The maximum absolute atomic E-state index is 8.69. The van der Waals surface area contributed by atoms with Crippen LogP contribution < -0.4 is 0 Å². The molecular weight excluding hydrogens is 220 g/mol. The predicted molar refractivity (Wildman–Crippen MR) is 56.6 cm³/mol. The molecular formula is C9H9ClN2OS. The van der Waals surface area contributed by atoms with E-state index >= 15 is 0 Å². The van der Waals surface area contributed by atoms with Crippen LogP contribution in [0.25, 0.3) is 0 Å². The number of halogens is 1. The highest BCUT2D eigenvalue weighted by Crippen LogP contribution is 2.19. The number of thioether (sulfide) groups is 1. The van der Waals surface area contributed by atoms with Crippen molar-refractivity contribution in [2.45, 2.75) is 5.03 Å². The van der Waals surface area contributed by atoms with E-state index in [1.54, 1.807) is 19.2 Å². The lowest BCUT2D eigenvalue weighted by Crippen LogP contribution is -1.92. The first-order chi connectivity index (χ1) is 6.76. The van der Waals surface area contributed by atoms with Gasteiger partial charge in [-0.15, -0.1) is 11.8 Å². The van der Waals surface area contributed by atoms with Crippen molar-refractivity contribution in [1.29, 1.82) is 5.26 Å². The van der Waals surface area contributed by atoms with E-state index in [1.165, 1.54) is 11.8 Å². The Morgan fingerprint density at radius 3 is 3.07 bits per heavy atom. The highest BCUT2D eigenvalue weighted by atomic mass is 35.5. The summed E-state index contributed by atoms with van der Waals surface area (Å²) in [5, 5.41) is 9.79. The highest BCUT2D eigenvalue weighted by Gasteiger charge is 2.01. The smallest absolute Gasteiger partial charge is 0.131 e. The van der Waals surface area contributed by atoms with E-state index in [0.29, 0.717) is 17.3 Å². The summed E-state index contributed by atoms with van der Waals surface area (Å²) in [6.45, 7) is 0.654. The monoisotopic (exact) mass is 228 g/mol. The van der Waals surface area contributed by atoms with Crippen molar-refractivity contribution in [3.05, 3.63) is 22.8 Å². The fourth-order valence-electron chi connectivity index (χ4n) is 0.841. The van der Waals surface area contributed by atoms with Gasteiger partial charge in [-0.3, -0.25) is 0 Å². The van der Waals surface area contributed by atoms with Crippen LogP contribution in [0.1, 0.15) is 5.56 Å². The second kappa shape index (κ2) is 5.86. The largest absolute Gasteiger partial charge is 0.384 e. The van der Waals surface area contributed by atoms with Gasteiger partial charge in [0.25, 0.3) is 0 Å². The third kappa shape index (κ3) is 3.54. The summed E-state index contributed by atoms with van der Waals surface area (Å²) >= 11 is 7.25. The van der Waals surface area contributed by atoms with Crippen LogP contribution in [0, 0.1) is 11.3 Å². The summed E-state index contributed by atoms with van der Waals surface area (Å²) in [6, 6.07) is 5.29. The van der Waals surface area contributed by atoms with Gasteiger partial charge >= 0.3 is 0 Å². The second-order valence-electron chi connectivity index (χ2n) is 2.47. The number of hydrogen-bond acceptors (Lipinski definition) is 4. The molecule has 0 aliphatic carbocycles. The van der Waals surface area contributed by atoms with Gasteiger partial charge in [0.1, 0.15) is 5.15 Å². The Bertz CT molecular complexity index is 351. The Morgan fingerprint density at radius 2 is 2.43 bits per heavy atom. The number of hydrogen-bond donors (Lipinski definition) is 0. The molecule has 0 unspecified atom stereocenters. The van der Waals surface area contributed by atoms with Gasteiger partial charge in [-0.05, 0) is 12.1 Å². The molecule has 0 aliphatic rings. The van der Waals surface area contributed by atoms with Gasteiger partial charge in [0.15, 0.2) is 0 Å². The number of methoxy groups -OCH3 is 1. The third-order valence-corrected chi connectivity index (χ3v) is 2.51. The molecule has 1 aromatic rings. The van der Waals surface area contributed by atoms with Crippen molar-refractivity contribution in [2.24, 2.45) is 0 Å². The molecule has 3 nitrogen and oxygen atoms in total. The van der Waals surface area contributed by atoms with Gasteiger partial charge < -0.3 is 4.74 Å². The molecule has 0 aromatic carbocycles. The maximum Gasteiger partial charge on any atom is 0.131 e. The third-order valence-electron chi connectivity index (χ3n) is 1.44. The van der Waals surface area contributed by atoms with E-state index < -0.39 is 0 Å². The molecule has 1 rings (SSSR count). The van der Waals surface area contributed by atoms with E-state index in [-0.39, 0.29) is 0 Å². The average molecular weight is 229 g/mol. The van der Waals surface area contributed by atoms with Crippen molar-refractivity contribution in [3.8, 4) is 6.07 Å². The molecule has 1 aromatic heterocycles. The normalized spacial score (nSPS) is 9.79. The number of nitrogens with zero attached hydrogens (tertiary/aromatic N) is 2. The minimum Gasteiger partial charge on any atom is -0.384 e. The van der Waals surface area contributed by atoms with Crippen molar-refractivity contribution in [1.82, 2.24) is 4.98 Å². The second-order valence-corrected chi connectivity index (χ2v) is 3.97. The van der Waals surface area contributed by atoms with Crippen LogP contribution in [0.2, 0.25) is 5.15 Å². The molecule has 14 heavy (non-hydrogen) atoms. The average Bonchev–Trinajstić information content (AvgIpc) is 2.17. The summed E-state index contributed by atoms with van der Waals surface area (Å²) in [7, 11) is 1.65. The summed E-state index contributed by atoms with van der Waals surface area (Å²) in [5.74, 6) is 0.800. The fourth-order valence-corrected chi connectivity index (χ4v) is 1.93. The fraction of sp³-hybridized carbons (Fsp3) is 0.333. The first kappa shape index (κ1) is 11.3. The van der Waals surface area contributed by atoms with Crippen molar-refractivity contribution < 1.29 is 4.74 Å². The predicted octanol–water partition coefficient (Wildman–Crippen LogP) is 2.35. The highest BCUT2D eigenvalue weighted by molar-refractivity contribution is 7.99. The summed E-state index contributed by atoms with van der Waals surface area (Å²) in [6.07, 6.45) is 0. The number of pyridine rings is 1. The van der Waals surface area contributed by atoms with E-state index in [1.807, 2.05) is 6.07 Å². The zero-order valence-electron chi connectivity index (χ0n) is 7.66. The van der Waals surface area contributed by atoms with Crippen LogP contribution in [-0.4, -0.2) is 24.5 Å². The van der Waals surface area contributed by atoms with Gasteiger partial charge in [-0.25, -0.2) is 4.98 Å². The number of ether oxygens (including phenoxy) is 1. The molecule has 0 fully saturated rings. The lowest BCUT2D eigenvalue weighted by atomic mass is 10.3. The summed E-state index contributed by atoms with van der Waals surface area (Å²) in [5.41, 5.74) is 0.532. The van der Waals surface area contributed by atoms with E-state index in [9.17, 15) is 0 Å². The van der Waals surface area contributed by atoms with Crippen LogP contribution in [0.15, 0.2) is 17.2 Å². The standard InChI is InChI=1S/C9H9ClN2OS/c1-13-2-3-14-9-5-7(6-11)4-8(10)12-9/h4-5H,2-3H2,1H3. The quantitative estimate of drug-likeness (QED) is 0.451. The van der Waals surface area contributed by atoms with Crippen LogP contribution in [0.5, 0.6) is 0 Å². The zero-order chi connectivity index (χ0) is 10.4. The Kier molecular flexibility index (Phi) is 4.74. The lowest BCUT2D eigenvalue weighted by Gasteiger charge is -2.00. The Balaban J connectivity index is 2.68. The Hall–Kier alpha value is -0.760. The SMILES string of the molecule is COCCSc1cc(C#N)cc(Cl)n1. The van der Waals surface area contributed by atoms with Crippen molar-refractivity contribution >= 4 is 23.4 Å². The van der Waals surface area contributed by atoms with Crippen molar-refractivity contribution in [2.75, 3.05) is 19.5 Å². The Labute approximate surface area is 92.0 Å². The molecule has 0 saturated heterocycles. The lowest BCUT2D eigenvalue weighted by molar-refractivity contribution is 0.218. The molecule has 1 heterocycles. The van der Waals surface area contributed by atoms with Gasteiger partial charge in [0.2, 0.25) is 0 Å². The van der Waals surface area contributed by atoms with E-state index in [0.717, 1.165) is 10.8 Å². The molecule has 0 atom stereocenters. The van der Waals surface area contributed by atoms with Gasteiger partial charge in [-0.1, -0.05) is 11.6 Å². The van der Waals surface area contributed by atoms with Crippen LogP contribution >= 0.6 is 23.4 Å². The zero-order valence-corrected chi connectivity index (χ0v) is 9.23.